The number of H-pyrrole nitrogens is 1. The Morgan fingerprint density at radius 3 is 2.48 bits per heavy atom. The number of anilines is 1. The van der Waals surface area contributed by atoms with Crippen LogP contribution in [-0.4, -0.2) is 56.9 Å². The van der Waals surface area contributed by atoms with Crippen LogP contribution in [0.3, 0.4) is 0 Å². The number of aromatic amines is 1. The number of piperazine rings is 1. The third-order valence-corrected chi connectivity index (χ3v) is 7.48. The monoisotopic (exact) mass is 565 g/mol. The molecule has 13 heteroatoms. The molecule has 1 saturated heterocycles. The van der Waals surface area contributed by atoms with Gasteiger partial charge in [-0.05, 0) is 48.7 Å². The zero-order chi connectivity index (χ0) is 28.0. The zero-order valence-electron chi connectivity index (χ0n) is 21.1. The zero-order valence-corrected chi connectivity index (χ0v) is 21.9. The Balaban J connectivity index is 1.61. The summed E-state index contributed by atoms with van der Waals surface area (Å²) in [4.78, 5) is 43.3. The molecule has 6 rings (SSSR count). The first kappa shape index (κ1) is 26.0. The summed E-state index contributed by atoms with van der Waals surface area (Å²) in [5.74, 6) is 0. The van der Waals surface area contributed by atoms with Gasteiger partial charge in [0.25, 0.3) is 5.56 Å². The summed E-state index contributed by atoms with van der Waals surface area (Å²) in [7, 11) is 0. The molecule has 1 aliphatic rings. The van der Waals surface area contributed by atoms with Crippen LogP contribution in [0.5, 0.6) is 0 Å². The van der Waals surface area contributed by atoms with E-state index in [4.69, 9.17) is 4.98 Å². The highest BCUT2D eigenvalue weighted by Gasteiger charge is 2.36. The normalized spacial score (nSPS) is 14.2. The fourth-order valence-electron chi connectivity index (χ4n) is 4.90. The minimum absolute atomic E-state index is 0.0207. The topological polar surface area (TPSA) is 109 Å². The minimum atomic E-state index is -4.68. The Hall–Kier alpha value is -4.23. The molecule has 0 saturated carbocycles. The van der Waals surface area contributed by atoms with Crippen molar-refractivity contribution in [3.8, 4) is 16.9 Å². The molecule has 0 atom stereocenters. The van der Waals surface area contributed by atoms with Gasteiger partial charge in [0, 0.05) is 49.8 Å². The van der Waals surface area contributed by atoms with Gasteiger partial charge in [-0.25, -0.2) is 14.8 Å². The van der Waals surface area contributed by atoms with Crippen LogP contribution in [-0.2, 0) is 6.18 Å². The molecule has 9 nitrogen and oxygen atoms in total. The first-order valence-electron chi connectivity index (χ1n) is 12.4. The first-order chi connectivity index (χ1) is 19.2. The molecule has 0 amide bonds. The van der Waals surface area contributed by atoms with Crippen LogP contribution in [0.1, 0.15) is 5.56 Å². The summed E-state index contributed by atoms with van der Waals surface area (Å²) in [6, 6.07) is 10.9. The molecule has 0 spiro atoms. The number of halogens is 3. The van der Waals surface area contributed by atoms with Crippen molar-refractivity contribution in [2.45, 2.75) is 11.2 Å². The van der Waals surface area contributed by atoms with Gasteiger partial charge < -0.3 is 10.2 Å². The van der Waals surface area contributed by atoms with Crippen molar-refractivity contribution in [3.05, 3.63) is 81.3 Å². The fourth-order valence-corrected chi connectivity index (χ4v) is 5.26. The molecular formula is C27H22F3N7O2S. The number of thioether (sulfide) groups is 1. The van der Waals surface area contributed by atoms with Crippen LogP contribution in [0, 0.1) is 0 Å². The smallest absolute Gasteiger partial charge is 0.368 e. The molecule has 5 aromatic rings. The predicted molar refractivity (Wildman–Crippen MR) is 148 cm³/mol. The SMILES string of the molecule is CSc1ccc(-c2ccc3ncc4c(=O)[nH]c(=O)n(-c5ccc(N6CCNCC6)c(C(F)(F)F)c5)c4c3n2)cn1. The molecule has 4 aromatic heterocycles. The predicted octanol–water partition coefficient (Wildman–Crippen LogP) is 3.83. The average molecular weight is 566 g/mol. The van der Waals surface area contributed by atoms with E-state index in [2.05, 4.69) is 20.3 Å². The highest BCUT2D eigenvalue weighted by molar-refractivity contribution is 7.98. The number of alkyl halides is 3. The third kappa shape index (κ3) is 4.60. The van der Waals surface area contributed by atoms with Crippen molar-refractivity contribution in [1.29, 1.82) is 0 Å². The molecule has 0 aliphatic carbocycles. The van der Waals surface area contributed by atoms with Gasteiger partial charge >= 0.3 is 11.9 Å². The molecule has 40 heavy (non-hydrogen) atoms. The maximum Gasteiger partial charge on any atom is 0.418 e. The summed E-state index contributed by atoms with van der Waals surface area (Å²) >= 11 is 1.49. The van der Waals surface area contributed by atoms with E-state index in [0.29, 0.717) is 43.0 Å². The van der Waals surface area contributed by atoms with E-state index in [0.717, 1.165) is 15.7 Å². The van der Waals surface area contributed by atoms with Crippen LogP contribution in [0.4, 0.5) is 18.9 Å². The third-order valence-electron chi connectivity index (χ3n) is 6.82. The van der Waals surface area contributed by atoms with Gasteiger partial charge in [0.2, 0.25) is 0 Å². The van der Waals surface area contributed by atoms with Gasteiger partial charge in [-0.15, -0.1) is 11.8 Å². The maximum atomic E-state index is 14.3. The largest absolute Gasteiger partial charge is 0.418 e. The quantitative estimate of drug-likeness (QED) is 0.250. The van der Waals surface area contributed by atoms with Gasteiger partial charge in [0.05, 0.1) is 38.4 Å². The van der Waals surface area contributed by atoms with E-state index in [1.807, 2.05) is 18.4 Å². The summed E-state index contributed by atoms with van der Waals surface area (Å²) in [6.45, 7) is 1.96. The lowest BCUT2D eigenvalue weighted by molar-refractivity contribution is -0.137. The van der Waals surface area contributed by atoms with E-state index in [1.165, 1.54) is 30.1 Å². The number of nitrogens with zero attached hydrogens (tertiary/aromatic N) is 5. The lowest BCUT2D eigenvalue weighted by atomic mass is 10.1. The van der Waals surface area contributed by atoms with Crippen LogP contribution in [0.15, 0.2) is 69.5 Å². The first-order valence-corrected chi connectivity index (χ1v) is 13.6. The standard InChI is InChI=1S/C27H22F3N7O2S/c1-40-22-7-2-15(13-33-22)19-4-5-20-23(34-19)24-17(14-32-20)25(38)35-26(39)37(24)16-3-6-21(18(12-16)27(28,29)30)36-10-8-31-9-11-36/h2-7,12-14,31H,8-11H2,1H3,(H,35,38,39). The summed E-state index contributed by atoms with van der Waals surface area (Å²) in [6.07, 6.45) is 0.180. The molecule has 1 fully saturated rings. The second kappa shape index (κ2) is 10.1. The molecular weight excluding hydrogens is 543 g/mol. The fraction of sp³-hybridized carbons (Fsp3) is 0.222. The van der Waals surface area contributed by atoms with Gasteiger partial charge in [0.1, 0.15) is 5.52 Å². The van der Waals surface area contributed by atoms with E-state index in [1.54, 1.807) is 23.2 Å². The minimum Gasteiger partial charge on any atom is -0.368 e. The highest BCUT2D eigenvalue weighted by Crippen LogP contribution is 2.38. The number of nitrogens with one attached hydrogen (secondary N) is 2. The van der Waals surface area contributed by atoms with E-state index >= 15 is 0 Å². The van der Waals surface area contributed by atoms with Gasteiger partial charge in [0.15, 0.2) is 0 Å². The van der Waals surface area contributed by atoms with Crippen molar-refractivity contribution in [1.82, 2.24) is 29.8 Å². The Morgan fingerprint density at radius 2 is 1.77 bits per heavy atom. The van der Waals surface area contributed by atoms with Crippen molar-refractivity contribution in [2.75, 3.05) is 37.3 Å². The number of benzene rings is 1. The number of aromatic nitrogens is 5. The van der Waals surface area contributed by atoms with Gasteiger partial charge in [-0.3, -0.25) is 19.3 Å². The van der Waals surface area contributed by atoms with E-state index < -0.39 is 23.0 Å². The lowest BCUT2D eigenvalue weighted by Gasteiger charge is -2.31. The summed E-state index contributed by atoms with van der Waals surface area (Å²) in [5.41, 5.74) is -0.646. The van der Waals surface area contributed by atoms with Crippen LogP contribution < -0.4 is 21.5 Å². The Bertz CT molecular complexity index is 1860. The number of hydrogen-bond donors (Lipinski definition) is 2. The molecule has 1 aliphatic heterocycles. The molecule has 1 aromatic carbocycles. The van der Waals surface area contributed by atoms with Gasteiger partial charge in [-0.1, -0.05) is 0 Å². The molecule has 0 bridgehead atoms. The summed E-state index contributed by atoms with van der Waals surface area (Å²) < 4.78 is 44.0. The number of pyridine rings is 3. The van der Waals surface area contributed by atoms with Crippen molar-refractivity contribution < 1.29 is 13.2 Å². The van der Waals surface area contributed by atoms with E-state index in [9.17, 15) is 22.8 Å². The molecule has 0 radical (unpaired) electrons. The highest BCUT2D eigenvalue weighted by atomic mass is 32.2. The molecule has 204 valence electrons. The summed E-state index contributed by atoms with van der Waals surface area (Å²) in [5, 5.41) is 3.97. The number of hydrogen-bond acceptors (Lipinski definition) is 8. The Labute approximate surface area is 229 Å². The number of rotatable bonds is 4. The van der Waals surface area contributed by atoms with Crippen LogP contribution in [0.2, 0.25) is 0 Å². The molecule has 5 heterocycles. The average Bonchev–Trinajstić information content (AvgIpc) is 2.96. The van der Waals surface area contributed by atoms with E-state index in [-0.39, 0.29) is 27.8 Å². The lowest BCUT2D eigenvalue weighted by Crippen LogP contribution is -2.44. The molecule has 2 N–H and O–H groups in total. The van der Waals surface area contributed by atoms with Crippen LogP contribution in [0.25, 0.3) is 38.9 Å². The number of fused-ring (bicyclic) bond motifs is 3. The molecule has 0 unspecified atom stereocenters. The Morgan fingerprint density at radius 1 is 0.975 bits per heavy atom. The second-order valence-corrected chi connectivity index (χ2v) is 10.0. The Kier molecular flexibility index (Phi) is 6.55. The van der Waals surface area contributed by atoms with Crippen LogP contribution >= 0.6 is 11.8 Å². The van der Waals surface area contributed by atoms with Gasteiger partial charge in [-0.2, -0.15) is 13.2 Å². The second-order valence-electron chi connectivity index (χ2n) is 9.20. The van der Waals surface area contributed by atoms with Crippen molar-refractivity contribution >= 4 is 39.4 Å². The van der Waals surface area contributed by atoms with Crippen molar-refractivity contribution in [2.24, 2.45) is 0 Å². The maximum absolute atomic E-state index is 14.3. The van der Waals surface area contributed by atoms with Crippen molar-refractivity contribution in [3.63, 3.8) is 0 Å².